The number of carboxylic acids is 1. The standard InChI is InChI=1S/C17H20F3N3O3/c1-9-21-12-6-5-10(8-11(12)14(22-9)17(18,19)20)15(24)23-7-3-2-4-13(23)16(25)26/h10,13H,2-8H2,1H3,(H,25,26)/t10-,13+/m0/s1. The average Bonchev–Trinajstić information content (AvgIpc) is 2.59. The maximum atomic E-state index is 13.3. The van der Waals surface area contributed by atoms with E-state index in [9.17, 15) is 27.9 Å². The maximum Gasteiger partial charge on any atom is 0.433 e. The van der Waals surface area contributed by atoms with Crippen molar-refractivity contribution in [1.82, 2.24) is 14.9 Å². The predicted octanol–water partition coefficient (Wildman–Crippen LogP) is 2.37. The van der Waals surface area contributed by atoms with E-state index in [-0.39, 0.29) is 30.1 Å². The zero-order valence-corrected chi connectivity index (χ0v) is 14.3. The van der Waals surface area contributed by atoms with Gasteiger partial charge in [0.05, 0.1) is 0 Å². The summed E-state index contributed by atoms with van der Waals surface area (Å²) in [4.78, 5) is 33.2. The molecule has 26 heavy (non-hydrogen) atoms. The molecule has 6 nitrogen and oxygen atoms in total. The number of aryl methyl sites for hydroxylation is 2. The molecule has 2 heterocycles. The Hall–Kier alpha value is -2.19. The highest BCUT2D eigenvalue weighted by Crippen LogP contribution is 2.36. The largest absolute Gasteiger partial charge is 0.480 e. The summed E-state index contributed by atoms with van der Waals surface area (Å²) in [5.41, 5.74) is -0.676. The quantitative estimate of drug-likeness (QED) is 0.863. The highest BCUT2D eigenvalue weighted by atomic mass is 19.4. The lowest BCUT2D eigenvalue weighted by molar-refractivity contribution is -0.154. The molecular formula is C17H20F3N3O3. The number of carboxylic acid groups (broad SMARTS) is 1. The molecule has 2 atom stereocenters. The van der Waals surface area contributed by atoms with Gasteiger partial charge in [-0.3, -0.25) is 4.79 Å². The minimum Gasteiger partial charge on any atom is -0.480 e. The molecule has 1 aromatic rings. The smallest absolute Gasteiger partial charge is 0.433 e. The lowest BCUT2D eigenvalue weighted by Gasteiger charge is -2.36. The predicted molar refractivity (Wildman–Crippen MR) is 84.3 cm³/mol. The number of halogens is 3. The Labute approximate surface area is 148 Å². The summed E-state index contributed by atoms with van der Waals surface area (Å²) in [5, 5.41) is 9.33. The molecule has 1 aliphatic carbocycles. The van der Waals surface area contributed by atoms with Gasteiger partial charge in [-0.25, -0.2) is 14.8 Å². The molecule has 9 heteroatoms. The highest BCUT2D eigenvalue weighted by molar-refractivity contribution is 5.85. The van der Waals surface area contributed by atoms with E-state index in [0.29, 0.717) is 31.5 Å². The molecule has 0 bridgehead atoms. The minimum atomic E-state index is -4.61. The van der Waals surface area contributed by atoms with Crippen LogP contribution in [0.15, 0.2) is 0 Å². The molecule has 0 radical (unpaired) electrons. The number of aliphatic carboxylic acids is 1. The van der Waals surface area contributed by atoms with Gasteiger partial charge < -0.3 is 10.0 Å². The average molecular weight is 371 g/mol. The number of alkyl halides is 3. The summed E-state index contributed by atoms with van der Waals surface area (Å²) in [6.07, 6.45) is -2.30. The number of hydrogen-bond acceptors (Lipinski definition) is 4. The van der Waals surface area contributed by atoms with Gasteiger partial charge in [0.15, 0.2) is 5.69 Å². The fraction of sp³-hybridized carbons (Fsp3) is 0.647. The summed E-state index contributed by atoms with van der Waals surface area (Å²) in [5.74, 6) is -2.06. The van der Waals surface area contributed by atoms with Gasteiger partial charge in [-0.1, -0.05) is 0 Å². The molecular weight excluding hydrogens is 351 g/mol. The lowest BCUT2D eigenvalue weighted by atomic mass is 9.83. The highest BCUT2D eigenvalue weighted by Gasteiger charge is 2.42. The van der Waals surface area contributed by atoms with E-state index in [1.807, 2.05) is 0 Å². The van der Waals surface area contributed by atoms with Crippen LogP contribution in [0.4, 0.5) is 13.2 Å². The molecule has 3 rings (SSSR count). The Morgan fingerprint density at radius 3 is 2.58 bits per heavy atom. The van der Waals surface area contributed by atoms with Crippen LogP contribution in [0.25, 0.3) is 0 Å². The molecule has 1 N–H and O–H groups in total. The Morgan fingerprint density at radius 1 is 1.19 bits per heavy atom. The number of carbonyl (C=O) groups is 2. The van der Waals surface area contributed by atoms with Crippen molar-refractivity contribution in [3.63, 3.8) is 0 Å². The third-order valence-electron chi connectivity index (χ3n) is 5.07. The number of fused-ring (bicyclic) bond motifs is 1. The van der Waals surface area contributed by atoms with Gasteiger partial charge in [-0.05, 0) is 45.4 Å². The second kappa shape index (κ2) is 6.85. The number of likely N-dealkylation sites (tertiary alicyclic amines) is 1. The monoisotopic (exact) mass is 371 g/mol. The van der Waals surface area contributed by atoms with Crippen LogP contribution in [-0.2, 0) is 28.6 Å². The lowest BCUT2D eigenvalue weighted by Crippen LogP contribution is -2.51. The van der Waals surface area contributed by atoms with Crippen molar-refractivity contribution in [2.45, 2.75) is 57.7 Å². The van der Waals surface area contributed by atoms with Gasteiger partial charge in [0.1, 0.15) is 11.9 Å². The molecule has 0 spiro atoms. The SMILES string of the molecule is Cc1nc2c(c(C(F)(F)F)n1)C[C@@H](C(=O)N1CCCC[C@@H]1C(=O)O)CC2. The Morgan fingerprint density at radius 2 is 1.92 bits per heavy atom. The van der Waals surface area contributed by atoms with E-state index in [4.69, 9.17) is 0 Å². The Bertz CT molecular complexity index is 736. The van der Waals surface area contributed by atoms with Gasteiger partial charge in [0.25, 0.3) is 0 Å². The zero-order valence-electron chi connectivity index (χ0n) is 14.3. The van der Waals surface area contributed by atoms with Crippen molar-refractivity contribution in [1.29, 1.82) is 0 Å². The normalized spacial score (nSPS) is 23.5. The van der Waals surface area contributed by atoms with Crippen LogP contribution >= 0.6 is 0 Å². The van der Waals surface area contributed by atoms with Crippen LogP contribution in [-0.4, -0.2) is 44.4 Å². The molecule has 1 aromatic heterocycles. The molecule has 0 aromatic carbocycles. The number of amides is 1. The second-order valence-corrected chi connectivity index (χ2v) is 6.86. The van der Waals surface area contributed by atoms with E-state index >= 15 is 0 Å². The van der Waals surface area contributed by atoms with Gasteiger partial charge in [-0.15, -0.1) is 0 Å². The first-order valence-corrected chi connectivity index (χ1v) is 8.65. The first kappa shape index (κ1) is 18.6. The third kappa shape index (κ3) is 3.52. The first-order valence-electron chi connectivity index (χ1n) is 8.65. The summed E-state index contributed by atoms with van der Waals surface area (Å²) in [6, 6.07) is -0.894. The van der Waals surface area contributed by atoms with Gasteiger partial charge in [-0.2, -0.15) is 13.2 Å². The van der Waals surface area contributed by atoms with Gasteiger partial charge >= 0.3 is 12.1 Å². The number of rotatable bonds is 2. The van der Waals surface area contributed by atoms with Crippen LogP contribution in [0.5, 0.6) is 0 Å². The third-order valence-corrected chi connectivity index (χ3v) is 5.07. The van der Waals surface area contributed by atoms with Crippen LogP contribution in [0.3, 0.4) is 0 Å². The molecule has 1 fully saturated rings. The summed E-state index contributed by atoms with van der Waals surface area (Å²) >= 11 is 0. The van der Waals surface area contributed by atoms with Crippen LogP contribution in [0, 0.1) is 12.8 Å². The topological polar surface area (TPSA) is 83.4 Å². The molecule has 0 unspecified atom stereocenters. The molecule has 0 saturated carbocycles. The van der Waals surface area contributed by atoms with E-state index in [0.717, 1.165) is 6.42 Å². The van der Waals surface area contributed by atoms with Crippen molar-refractivity contribution in [2.24, 2.45) is 5.92 Å². The molecule has 2 aliphatic rings. The fourth-order valence-corrected chi connectivity index (χ4v) is 3.87. The Balaban J connectivity index is 1.88. The fourth-order valence-electron chi connectivity index (χ4n) is 3.87. The number of nitrogens with zero attached hydrogens (tertiary/aromatic N) is 3. The number of carbonyl (C=O) groups excluding carboxylic acids is 1. The van der Waals surface area contributed by atoms with E-state index in [2.05, 4.69) is 9.97 Å². The van der Waals surface area contributed by atoms with Crippen LogP contribution in [0.1, 0.15) is 48.5 Å². The Kier molecular flexibility index (Phi) is 4.90. The van der Waals surface area contributed by atoms with E-state index in [1.54, 1.807) is 0 Å². The van der Waals surface area contributed by atoms with E-state index in [1.165, 1.54) is 11.8 Å². The van der Waals surface area contributed by atoms with Crippen molar-refractivity contribution in [2.75, 3.05) is 6.54 Å². The van der Waals surface area contributed by atoms with Crippen molar-refractivity contribution in [3.8, 4) is 0 Å². The summed E-state index contributed by atoms with van der Waals surface area (Å²) in [6.45, 7) is 1.74. The van der Waals surface area contributed by atoms with Gasteiger partial charge in [0.2, 0.25) is 5.91 Å². The number of piperidine rings is 1. The maximum absolute atomic E-state index is 13.3. The number of hydrogen-bond donors (Lipinski definition) is 1. The van der Waals surface area contributed by atoms with Crippen molar-refractivity contribution >= 4 is 11.9 Å². The molecule has 142 valence electrons. The molecule has 1 saturated heterocycles. The van der Waals surface area contributed by atoms with Crippen molar-refractivity contribution in [3.05, 3.63) is 22.8 Å². The molecule has 1 aliphatic heterocycles. The second-order valence-electron chi connectivity index (χ2n) is 6.86. The van der Waals surface area contributed by atoms with Gasteiger partial charge in [0, 0.05) is 23.7 Å². The van der Waals surface area contributed by atoms with E-state index < -0.39 is 29.8 Å². The first-order chi connectivity index (χ1) is 12.2. The van der Waals surface area contributed by atoms with Crippen LogP contribution < -0.4 is 0 Å². The minimum absolute atomic E-state index is 0.0309. The van der Waals surface area contributed by atoms with Crippen molar-refractivity contribution < 1.29 is 27.9 Å². The molecule has 1 amide bonds. The summed E-state index contributed by atoms with van der Waals surface area (Å²) in [7, 11) is 0. The summed E-state index contributed by atoms with van der Waals surface area (Å²) < 4.78 is 40.0. The van der Waals surface area contributed by atoms with Crippen LogP contribution in [0.2, 0.25) is 0 Å². The number of aromatic nitrogens is 2. The zero-order chi connectivity index (χ0) is 19.1.